The molecule has 0 bridgehead atoms. The standard InChI is InChI=1S/C27H25FN2O4/c1-3-14-34-21-8-6-19(7-9-21)24-23(25(31)20-5-4-17(2)22(28)15-20)26(32)27(33)30(24)16-18-10-12-29-13-11-18/h4-13,15,24,31H,3,14,16H2,1-2H3/t24-/m0/s1. The van der Waals surface area contributed by atoms with Crippen LogP contribution in [0.2, 0.25) is 0 Å². The third-order valence-corrected chi connectivity index (χ3v) is 5.76. The van der Waals surface area contributed by atoms with Gasteiger partial charge < -0.3 is 14.7 Å². The molecule has 1 fully saturated rings. The van der Waals surface area contributed by atoms with Gasteiger partial charge in [0, 0.05) is 24.5 Å². The molecule has 0 spiro atoms. The topological polar surface area (TPSA) is 79.7 Å². The van der Waals surface area contributed by atoms with Crippen LogP contribution in [-0.2, 0) is 16.1 Å². The number of aliphatic hydroxyl groups excluding tert-OH is 1. The fraction of sp³-hybridized carbons (Fsp3) is 0.222. The molecule has 6 nitrogen and oxygen atoms in total. The minimum absolute atomic E-state index is 0.0791. The lowest BCUT2D eigenvalue weighted by Gasteiger charge is -2.25. The van der Waals surface area contributed by atoms with E-state index in [-0.39, 0.29) is 17.7 Å². The number of likely N-dealkylation sites (tertiary alicyclic amines) is 1. The first-order valence-electron chi connectivity index (χ1n) is 11.1. The molecule has 0 saturated carbocycles. The molecule has 1 N–H and O–H groups in total. The third-order valence-electron chi connectivity index (χ3n) is 5.76. The van der Waals surface area contributed by atoms with Crippen LogP contribution in [0.4, 0.5) is 4.39 Å². The fourth-order valence-corrected chi connectivity index (χ4v) is 3.94. The quantitative estimate of drug-likeness (QED) is 0.307. The van der Waals surface area contributed by atoms with Gasteiger partial charge in [0.15, 0.2) is 0 Å². The molecule has 1 amide bonds. The minimum atomic E-state index is -0.849. The highest BCUT2D eigenvalue weighted by atomic mass is 19.1. The number of amides is 1. The van der Waals surface area contributed by atoms with Crippen molar-refractivity contribution in [2.24, 2.45) is 0 Å². The number of hydrogen-bond acceptors (Lipinski definition) is 5. The lowest BCUT2D eigenvalue weighted by Crippen LogP contribution is -2.29. The molecule has 1 saturated heterocycles. The van der Waals surface area contributed by atoms with Crippen LogP contribution >= 0.6 is 0 Å². The second-order valence-electron chi connectivity index (χ2n) is 8.16. The highest BCUT2D eigenvalue weighted by molar-refractivity contribution is 6.46. The zero-order valence-electron chi connectivity index (χ0n) is 19.0. The lowest BCUT2D eigenvalue weighted by atomic mass is 9.94. The molecule has 1 atom stereocenters. The maximum atomic E-state index is 14.2. The summed E-state index contributed by atoms with van der Waals surface area (Å²) in [6.07, 6.45) is 4.08. The SMILES string of the molecule is CCCOc1ccc([C@H]2C(=C(O)c3ccc(C)c(F)c3)C(=O)C(=O)N2Cc2ccncc2)cc1. The number of nitrogens with zero attached hydrogens (tertiary/aromatic N) is 2. The smallest absolute Gasteiger partial charge is 0.295 e. The van der Waals surface area contributed by atoms with Crippen molar-refractivity contribution in [1.82, 2.24) is 9.88 Å². The Morgan fingerprint density at radius 3 is 2.44 bits per heavy atom. The summed E-state index contributed by atoms with van der Waals surface area (Å²) >= 11 is 0. The Labute approximate surface area is 197 Å². The number of ether oxygens (including phenoxy) is 1. The molecule has 0 aliphatic carbocycles. The molecular formula is C27H25FN2O4. The summed E-state index contributed by atoms with van der Waals surface area (Å²) in [5.41, 5.74) is 1.88. The average Bonchev–Trinajstić information content (AvgIpc) is 3.10. The number of Topliss-reactive ketones (excluding diaryl/α,β-unsaturated/α-hetero) is 1. The van der Waals surface area contributed by atoms with Gasteiger partial charge in [-0.1, -0.05) is 31.2 Å². The van der Waals surface area contributed by atoms with Crippen molar-refractivity contribution in [2.75, 3.05) is 6.61 Å². The van der Waals surface area contributed by atoms with Gasteiger partial charge in [-0.05, 0) is 60.4 Å². The zero-order valence-corrected chi connectivity index (χ0v) is 19.0. The summed E-state index contributed by atoms with van der Waals surface area (Å²) in [5.74, 6) is -1.81. The van der Waals surface area contributed by atoms with Gasteiger partial charge in [-0.15, -0.1) is 0 Å². The molecular weight excluding hydrogens is 435 g/mol. The maximum Gasteiger partial charge on any atom is 0.295 e. The highest BCUT2D eigenvalue weighted by Gasteiger charge is 2.46. The monoisotopic (exact) mass is 460 g/mol. The number of carbonyl (C=O) groups excluding carboxylic acids is 2. The van der Waals surface area contributed by atoms with E-state index in [1.165, 1.54) is 23.1 Å². The average molecular weight is 461 g/mol. The van der Waals surface area contributed by atoms with Gasteiger partial charge in [0.05, 0.1) is 18.2 Å². The summed E-state index contributed by atoms with van der Waals surface area (Å²) in [5, 5.41) is 11.1. The van der Waals surface area contributed by atoms with E-state index in [1.807, 2.05) is 6.92 Å². The fourth-order valence-electron chi connectivity index (χ4n) is 3.94. The molecule has 0 radical (unpaired) electrons. The van der Waals surface area contributed by atoms with Gasteiger partial charge in [-0.3, -0.25) is 14.6 Å². The Balaban J connectivity index is 1.82. The number of ketones is 1. The molecule has 0 unspecified atom stereocenters. The number of aromatic nitrogens is 1. The van der Waals surface area contributed by atoms with Gasteiger partial charge in [0.1, 0.15) is 17.3 Å². The van der Waals surface area contributed by atoms with Crippen molar-refractivity contribution < 1.29 is 23.8 Å². The van der Waals surface area contributed by atoms with Crippen molar-refractivity contribution in [3.8, 4) is 5.75 Å². The zero-order chi connectivity index (χ0) is 24.2. The van der Waals surface area contributed by atoms with Crippen LogP contribution in [0.3, 0.4) is 0 Å². The second-order valence-corrected chi connectivity index (χ2v) is 8.16. The van der Waals surface area contributed by atoms with Gasteiger partial charge in [-0.25, -0.2) is 4.39 Å². The first kappa shape index (κ1) is 23.2. The predicted octanol–water partition coefficient (Wildman–Crippen LogP) is 4.94. The van der Waals surface area contributed by atoms with Crippen molar-refractivity contribution in [3.05, 3.63) is 101 Å². The summed E-state index contributed by atoms with van der Waals surface area (Å²) in [7, 11) is 0. The summed E-state index contributed by atoms with van der Waals surface area (Å²) < 4.78 is 19.9. The van der Waals surface area contributed by atoms with Crippen molar-refractivity contribution >= 4 is 17.4 Å². The molecule has 1 aliphatic heterocycles. The number of aryl methyl sites for hydroxylation is 1. The Kier molecular flexibility index (Phi) is 6.72. The number of hydrogen-bond donors (Lipinski definition) is 1. The molecule has 7 heteroatoms. The van der Waals surface area contributed by atoms with Crippen molar-refractivity contribution in [3.63, 3.8) is 0 Å². The molecule has 2 heterocycles. The number of rotatable bonds is 7. The van der Waals surface area contributed by atoms with Crippen LogP contribution in [-0.4, -0.2) is 33.3 Å². The third kappa shape index (κ3) is 4.55. The van der Waals surface area contributed by atoms with Crippen molar-refractivity contribution in [1.29, 1.82) is 0 Å². The van der Waals surface area contributed by atoms with Crippen LogP contribution in [0, 0.1) is 12.7 Å². The molecule has 174 valence electrons. The Morgan fingerprint density at radius 1 is 1.09 bits per heavy atom. The molecule has 34 heavy (non-hydrogen) atoms. The number of benzene rings is 2. The van der Waals surface area contributed by atoms with Crippen LogP contribution in [0.1, 0.15) is 41.6 Å². The van der Waals surface area contributed by atoms with Crippen LogP contribution in [0.25, 0.3) is 5.76 Å². The van der Waals surface area contributed by atoms with E-state index < -0.39 is 29.3 Å². The predicted molar refractivity (Wildman–Crippen MR) is 125 cm³/mol. The number of aliphatic hydroxyl groups is 1. The molecule has 1 aliphatic rings. The molecule has 2 aromatic carbocycles. The van der Waals surface area contributed by atoms with Gasteiger partial charge >= 0.3 is 0 Å². The van der Waals surface area contributed by atoms with E-state index in [2.05, 4.69) is 4.98 Å². The number of carbonyl (C=O) groups is 2. The van der Waals surface area contributed by atoms with Crippen LogP contribution in [0.5, 0.6) is 5.75 Å². The Morgan fingerprint density at radius 2 is 1.79 bits per heavy atom. The number of halogens is 1. The molecule has 3 aromatic rings. The first-order chi connectivity index (χ1) is 16.4. The van der Waals surface area contributed by atoms with E-state index in [4.69, 9.17) is 4.74 Å². The Bertz CT molecular complexity index is 1240. The van der Waals surface area contributed by atoms with Gasteiger partial charge in [-0.2, -0.15) is 0 Å². The molecule has 4 rings (SSSR count). The summed E-state index contributed by atoms with van der Waals surface area (Å²) in [4.78, 5) is 31.6. The minimum Gasteiger partial charge on any atom is -0.507 e. The highest BCUT2D eigenvalue weighted by Crippen LogP contribution is 2.40. The summed E-state index contributed by atoms with van der Waals surface area (Å²) in [6, 6.07) is 14.0. The van der Waals surface area contributed by atoms with E-state index >= 15 is 0 Å². The van der Waals surface area contributed by atoms with Gasteiger partial charge in [0.25, 0.3) is 11.7 Å². The Hall–Kier alpha value is -4.00. The largest absolute Gasteiger partial charge is 0.507 e. The normalized spacial score (nSPS) is 17.3. The van der Waals surface area contributed by atoms with Crippen molar-refractivity contribution in [2.45, 2.75) is 32.9 Å². The van der Waals surface area contributed by atoms with E-state index in [0.717, 1.165) is 12.0 Å². The van der Waals surface area contributed by atoms with E-state index in [9.17, 15) is 19.1 Å². The maximum absolute atomic E-state index is 14.2. The van der Waals surface area contributed by atoms with Crippen LogP contribution < -0.4 is 4.74 Å². The number of pyridine rings is 1. The van der Waals surface area contributed by atoms with Gasteiger partial charge in [0.2, 0.25) is 0 Å². The first-order valence-corrected chi connectivity index (χ1v) is 11.1. The summed E-state index contributed by atoms with van der Waals surface area (Å²) in [6.45, 7) is 4.33. The van der Waals surface area contributed by atoms with E-state index in [1.54, 1.807) is 55.7 Å². The molecule has 1 aromatic heterocycles. The second kappa shape index (κ2) is 9.87. The van der Waals surface area contributed by atoms with Crippen LogP contribution in [0.15, 0.2) is 72.6 Å². The lowest BCUT2D eigenvalue weighted by molar-refractivity contribution is -0.140. The van der Waals surface area contributed by atoms with E-state index in [0.29, 0.717) is 23.5 Å².